The topological polar surface area (TPSA) is 58.1 Å². The van der Waals surface area contributed by atoms with Crippen LogP contribution in [0.15, 0.2) is 53.5 Å². The number of morpholine rings is 1. The first kappa shape index (κ1) is 21.4. The van der Waals surface area contributed by atoms with Crippen molar-refractivity contribution in [3.05, 3.63) is 64.7 Å². The Kier molecular flexibility index (Phi) is 8.61. The third-order valence-corrected chi connectivity index (χ3v) is 4.99. The minimum Gasteiger partial charge on any atom is -0.492 e. The minimum atomic E-state index is 0.668. The van der Waals surface area contributed by atoms with E-state index in [1.165, 1.54) is 0 Å². The molecule has 1 aliphatic heterocycles. The maximum absolute atomic E-state index is 5.93. The van der Waals surface area contributed by atoms with Crippen LogP contribution in [-0.2, 0) is 17.8 Å². The second kappa shape index (κ2) is 11.7. The summed E-state index contributed by atoms with van der Waals surface area (Å²) in [4.78, 5) is 6.65. The van der Waals surface area contributed by atoms with Crippen molar-refractivity contribution in [2.24, 2.45) is 4.99 Å². The van der Waals surface area contributed by atoms with E-state index in [9.17, 15) is 0 Å². The second-order valence-electron chi connectivity index (χ2n) is 6.86. The summed E-state index contributed by atoms with van der Waals surface area (Å²) in [7, 11) is 1.77. The van der Waals surface area contributed by atoms with Gasteiger partial charge in [-0.3, -0.25) is 9.89 Å². The molecule has 1 aliphatic rings. The van der Waals surface area contributed by atoms with Crippen molar-refractivity contribution in [1.82, 2.24) is 15.5 Å². The van der Waals surface area contributed by atoms with Gasteiger partial charge in [-0.1, -0.05) is 35.9 Å². The summed E-state index contributed by atoms with van der Waals surface area (Å²) in [5, 5.41) is 7.39. The van der Waals surface area contributed by atoms with E-state index in [2.05, 4.69) is 32.7 Å². The van der Waals surface area contributed by atoms with Gasteiger partial charge in [-0.25, -0.2) is 0 Å². The zero-order valence-electron chi connectivity index (χ0n) is 16.9. The van der Waals surface area contributed by atoms with Gasteiger partial charge in [0.15, 0.2) is 5.96 Å². The Morgan fingerprint density at radius 1 is 1.07 bits per heavy atom. The standard InChI is InChI=1S/C22H29ClN4O2/c1-24-22(25-16-18-5-7-20(23)8-6-18)26-17-19-3-2-4-21(15-19)29-14-11-27-9-12-28-13-10-27/h2-8,15H,9-14,16-17H2,1H3,(H2,24,25,26). The lowest BCUT2D eigenvalue weighted by Crippen LogP contribution is -2.38. The largest absolute Gasteiger partial charge is 0.492 e. The normalized spacial score (nSPS) is 15.2. The van der Waals surface area contributed by atoms with Gasteiger partial charge in [0.1, 0.15) is 12.4 Å². The highest BCUT2D eigenvalue weighted by atomic mass is 35.5. The highest BCUT2D eigenvalue weighted by Crippen LogP contribution is 2.13. The molecular formula is C22H29ClN4O2. The van der Waals surface area contributed by atoms with Crippen molar-refractivity contribution in [2.45, 2.75) is 13.1 Å². The molecule has 0 aromatic heterocycles. The average molecular weight is 417 g/mol. The van der Waals surface area contributed by atoms with E-state index in [0.717, 1.165) is 60.7 Å². The first-order chi connectivity index (χ1) is 14.2. The average Bonchev–Trinajstić information content (AvgIpc) is 2.76. The molecule has 7 heteroatoms. The molecule has 2 aromatic rings. The van der Waals surface area contributed by atoms with Gasteiger partial charge in [-0.2, -0.15) is 0 Å². The molecule has 0 atom stereocenters. The molecule has 29 heavy (non-hydrogen) atoms. The molecule has 3 rings (SSSR count). The van der Waals surface area contributed by atoms with Gasteiger partial charge < -0.3 is 20.1 Å². The fourth-order valence-corrected chi connectivity index (χ4v) is 3.18. The molecule has 0 amide bonds. The SMILES string of the molecule is CN=C(NCc1ccc(Cl)cc1)NCc1cccc(OCCN2CCOCC2)c1. The van der Waals surface area contributed by atoms with Gasteiger partial charge in [0.25, 0.3) is 0 Å². The Labute approximate surface area is 177 Å². The number of ether oxygens (including phenoxy) is 2. The quantitative estimate of drug-likeness (QED) is 0.512. The molecular weight excluding hydrogens is 388 g/mol. The number of nitrogens with zero attached hydrogens (tertiary/aromatic N) is 2. The second-order valence-corrected chi connectivity index (χ2v) is 7.29. The van der Waals surface area contributed by atoms with Gasteiger partial charge in [-0.15, -0.1) is 0 Å². The minimum absolute atomic E-state index is 0.668. The van der Waals surface area contributed by atoms with Crippen molar-refractivity contribution in [1.29, 1.82) is 0 Å². The molecule has 0 aliphatic carbocycles. The summed E-state index contributed by atoms with van der Waals surface area (Å²) in [6.45, 7) is 6.55. The molecule has 1 saturated heterocycles. The Bertz CT molecular complexity index is 777. The Morgan fingerprint density at radius 2 is 1.79 bits per heavy atom. The number of hydrogen-bond acceptors (Lipinski definition) is 4. The number of guanidine groups is 1. The zero-order valence-corrected chi connectivity index (χ0v) is 17.6. The van der Waals surface area contributed by atoms with Crippen LogP contribution in [0, 0.1) is 0 Å². The highest BCUT2D eigenvalue weighted by Gasteiger charge is 2.09. The van der Waals surface area contributed by atoms with Crippen molar-refractivity contribution in [2.75, 3.05) is 46.5 Å². The highest BCUT2D eigenvalue weighted by molar-refractivity contribution is 6.30. The van der Waals surface area contributed by atoms with Gasteiger partial charge in [0.05, 0.1) is 13.2 Å². The molecule has 1 heterocycles. The van der Waals surface area contributed by atoms with E-state index in [0.29, 0.717) is 19.7 Å². The third-order valence-electron chi connectivity index (χ3n) is 4.74. The van der Waals surface area contributed by atoms with Crippen LogP contribution in [0.3, 0.4) is 0 Å². The lowest BCUT2D eigenvalue weighted by molar-refractivity contribution is 0.0322. The van der Waals surface area contributed by atoms with E-state index < -0.39 is 0 Å². The van der Waals surface area contributed by atoms with Gasteiger partial charge >= 0.3 is 0 Å². The smallest absolute Gasteiger partial charge is 0.191 e. The van der Waals surface area contributed by atoms with E-state index in [1.807, 2.05) is 36.4 Å². The lowest BCUT2D eigenvalue weighted by atomic mass is 10.2. The summed E-state index contributed by atoms with van der Waals surface area (Å²) >= 11 is 5.93. The van der Waals surface area contributed by atoms with Gasteiger partial charge in [-0.05, 0) is 35.4 Å². The first-order valence-electron chi connectivity index (χ1n) is 9.94. The van der Waals surface area contributed by atoms with Crippen LogP contribution in [0.5, 0.6) is 5.75 Å². The number of benzene rings is 2. The van der Waals surface area contributed by atoms with Gasteiger partial charge in [0.2, 0.25) is 0 Å². The molecule has 156 valence electrons. The van der Waals surface area contributed by atoms with E-state index in [4.69, 9.17) is 21.1 Å². The molecule has 0 saturated carbocycles. The van der Waals surface area contributed by atoms with Crippen LogP contribution in [-0.4, -0.2) is 57.4 Å². The van der Waals surface area contributed by atoms with Crippen molar-refractivity contribution < 1.29 is 9.47 Å². The van der Waals surface area contributed by atoms with Crippen LogP contribution in [0.4, 0.5) is 0 Å². The maximum Gasteiger partial charge on any atom is 0.191 e. The summed E-state index contributed by atoms with van der Waals surface area (Å²) in [6, 6.07) is 15.9. The fraction of sp³-hybridized carbons (Fsp3) is 0.409. The van der Waals surface area contributed by atoms with Gasteiger partial charge in [0, 0.05) is 44.8 Å². The predicted octanol–water partition coefficient (Wildman–Crippen LogP) is 2.92. The van der Waals surface area contributed by atoms with E-state index in [-0.39, 0.29) is 0 Å². The summed E-state index contributed by atoms with van der Waals surface area (Å²) in [5.41, 5.74) is 2.29. The van der Waals surface area contributed by atoms with E-state index in [1.54, 1.807) is 7.05 Å². The van der Waals surface area contributed by atoms with E-state index >= 15 is 0 Å². The predicted molar refractivity (Wildman–Crippen MR) is 118 cm³/mol. The van der Waals surface area contributed by atoms with Crippen LogP contribution in [0.2, 0.25) is 5.02 Å². The Balaban J connectivity index is 1.41. The number of hydrogen-bond donors (Lipinski definition) is 2. The summed E-state index contributed by atoms with van der Waals surface area (Å²) in [6.07, 6.45) is 0. The third kappa shape index (κ3) is 7.57. The van der Waals surface area contributed by atoms with Crippen LogP contribution in [0.1, 0.15) is 11.1 Å². The molecule has 2 aromatic carbocycles. The molecule has 0 unspecified atom stereocenters. The van der Waals surface area contributed by atoms with Crippen LogP contribution < -0.4 is 15.4 Å². The molecule has 2 N–H and O–H groups in total. The fourth-order valence-electron chi connectivity index (χ4n) is 3.06. The maximum atomic E-state index is 5.93. The Hall–Kier alpha value is -2.28. The zero-order chi connectivity index (χ0) is 20.3. The van der Waals surface area contributed by atoms with Crippen LogP contribution >= 0.6 is 11.6 Å². The number of rotatable bonds is 8. The summed E-state index contributed by atoms with van der Waals surface area (Å²) in [5.74, 6) is 1.64. The Morgan fingerprint density at radius 3 is 2.52 bits per heavy atom. The molecule has 0 spiro atoms. The van der Waals surface area contributed by atoms with Crippen molar-refractivity contribution >= 4 is 17.6 Å². The number of nitrogens with one attached hydrogen (secondary N) is 2. The molecule has 1 fully saturated rings. The van der Waals surface area contributed by atoms with Crippen molar-refractivity contribution in [3.63, 3.8) is 0 Å². The van der Waals surface area contributed by atoms with Crippen LogP contribution in [0.25, 0.3) is 0 Å². The summed E-state index contributed by atoms with van der Waals surface area (Å²) < 4.78 is 11.3. The molecule has 6 nitrogen and oxygen atoms in total. The molecule has 0 radical (unpaired) electrons. The lowest BCUT2D eigenvalue weighted by Gasteiger charge is -2.26. The molecule has 0 bridgehead atoms. The monoisotopic (exact) mass is 416 g/mol. The number of aliphatic imine (C=N–C) groups is 1. The van der Waals surface area contributed by atoms with Crippen molar-refractivity contribution in [3.8, 4) is 5.75 Å². The number of halogens is 1. The first-order valence-corrected chi connectivity index (χ1v) is 10.3.